The summed E-state index contributed by atoms with van der Waals surface area (Å²) in [6, 6.07) is 2.26. The van der Waals surface area contributed by atoms with Gasteiger partial charge >= 0.3 is 0 Å². The van der Waals surface area contributed by atoms with Crippen molar-refractivity contribution in [2.24, 2.45) is 0 Å². The Labute approximate surface area is 107 Å². The second-order valence-electron chi connectivity index (χ2n) is 4.95. The molecule has 0 aliphatic carbocycles. The molecule has 1 aromatic heterocycles. The van der Waals surface area contributed by atoms with E-state index in [9.17, 15) is 10.4 Å². The number of hydrogen-bond acceptors (Lipinski definition) is 5. The topological polar surface area (TPSA) is 91.1 Å². The summed E-state index contributed by atoms with van der Waals surface area (Å²) in [5.74, 6) is 1.07. The smallest absolute Gasteiger partial charge is 0.170 e. The van der Waals surface area contributed by atoms with Crippen molar-refractivity contribution < 1.29 is 5.11 Å². The minimum atomic E-state index is -0.240. The molecule has 18 heavy (non-hydrogen) atoms. The highest BCUT2D eigenvalue weighted by atomic mass is 16.3. The summed E-state index contributed by atoms with van der Waals surface area (Å²) in [5.41, 5.74) is 6.40. The lowest BCUT2D eigenvalue weighted by atomic mass is 10.1. The summed E-state index contributed by atoms with van der Waals surface area (Å²) >= 11 is 0. The fraction of sp³-hybridized carbons (Fsp3) is 0.667. The number of hydrogen-bond donors (Lipinski definition) is 2. The van der Waals surface area contributed by atoms with E-state index < -0.39 is 0 Å². The van der Waals surface area contributed by atoms with E-state index in [2.05, 4.69) is 11.2 Å². The first-order chi connectivity index (χ1) is 8.54. The lowest BCUT2D eigenvalue weighted by Gasteiger charge is -2.29. The van der Waals surface area contributed by atoms with E-state index in [0.29, 0.717) is 43.1 Å². The average Bonchev–Trinajstić information content (AvgIpc) is 2.67. The molecule has 1 aromatic rings. The van der Waals surface area contributed by atoms with E-state index in [1.807, 2.05) is 18.7 Å². The molecule has 1 aliphatic heterocycles. The van der Waals surface area contributed by atoms with Crippen LogP contribution in [0.3, 0.4) is 0 Å². The predicted molar refractivity (Wildman–Crippen MR) is 69.2 cm³/mol. The first kappa shape index (κ1) is 12.7. The molecule has 1 fully saturated rings. The van der Waals surface area contributed by atoms with Gasteiger partial charge in [-0.1, -0.05) is 0 Å². The summed E-state index contributed by atoms with van der Waals surface area (Å²) in [6.45, 7) is 5.39. The van der Waals surface area contributed by atoms with Gasteiger partial charge in [0.15, 0.2) is 5.82 Å². The van der Waals surface area contributed by atoms with E-state index in [-0.39, 0.29) is 12.1 Å². The second-order valence-corrected chi connectivity index (χ2v) is 4.95. The van der Waals surface area contributed by atoms with Gasteiger partial charge in [0.25, 0.3) is 0 Å². The van der Waals surface area contributed by atoms with Crippen LogP contribution in [0.2, 0.25) is 0 Å². The second kappa shape index (κ2) is 4.86. The van der Waals surface area contributed by atoms with Gasteiger partial charge in [-0.05, 0) is 26.7 Å². The molecule has 2 heterocycles. The summed E-state index contributed by atoms with van der Waals surface area (Å²) in [6.07, 6.45) is 1.18. The van der Waals surface area contributed by atoms with Crippen molar-refractivity contribution >= 4 is 11.6 Å². The molecule has 6 nitrogen and oxygen atoms in total. The third kappa shape index (κ3) is 2.14. The molecular weight excluding hydrogens is 230 g/mol. The minimum absolute atomic E-state index is 0.126. The Morgan fingerprint density at radius 3 is 2.56 bits per heavy atom. The molecule has 0 radical (unpaired) electrons. The fourth-order valence-corrected chi connectivity index (χ4v) is 2.23. The van der Waals surface area contributed by atoms with Crippen LogP contribution >= 0.6 is 0 Å². The molecule has 0 atom stereocenters. The van der Waals surface area contributed by atoms with Crippen LogP contribution in [0.15, 0.2) is 0 Å². The molecule has 2 rings (SSSR count). The number of anilines is 2. The Morgan fingerprint density at radius 1 is 1.44 bits per heavy atom. The molecule has 0 bridgehead atoms. The van der Waals surface area contributed by atoms with Crippen LogP contribution in [-0.4, -0.2) is 34.1 Å². The number of aliphatic hydroxyl groups is 1. The third-order valence-electron chi connectivity index (χ3n) is 3.29. The number of nitrogens with zero attached hydrogens (tertiary/aromatic N) is 4. The van der Waals surface area contributed by atoms with Crippen molar-refractivity contribution in [2.75, 3.05) is 23.7 Å². The number of rotatable bonds is 2. The van der Waals surface area contributed by atoms with Crippen molar-refractivity contribution in [3.63, 3.8) is 0 Å². The molecule has 0 spiro atoms. The van der Waals surface area contributed by atoms with Crippen LogP contribution in [0, 0.1) is 11.3 Å². The number of nitrogen functional groups attached to an aromatic ring is 1. The summed E-state index contributed by atoms with van der Waals surface area (Å²) in [7, 11) is 0. The van der Waals surface area contributed by atoms with Crippen LogP contribution in [0.25, 0.3) is 0 Å². The maximum atomic E-state index is 9.51. The average molecular weight is 249 g/mol. The highest BCUT2D eigenvalue weighted by Gasteiger charge is 2.25. The summed E-state index contributed by atoms with van der Waals surface area (Å²) < 4.78 is 1.68. The zero-order valence-corrected chi connectivity index (χ0v) is 10.8. The Balaban J connectivity index is 2.33. The van der Waals surface area contributed by atoms with Gasteiger partial charge in [-0.3, -0.25) is 0 Å². The number of aliphatic hydroxyl groups excluding tert-OH is 1. The number of nitriles is 1. The van der Waals surface area contributed by atoms with Gasteiger partial charge < -0.3 is 15.7 Å². The highest BCUT2D eigenvalue weighted by Crippen LogP contribution is 2.28. The van der Waals surface area contributed by atoms with Crippen LogP contribution in [-0.2, 0) is 0 Å². The van der Waals surface area contributed by atoms with Gasteiger partial charge in [0.05, 0.1) is 6.10 Å². The van der Waals surface area contributed by atoms with Gasteiger partial charge in [-0.2, -0.15) is 10.4 Å². The maximum absolute atomic E-state index is 9.51. The first-order valence-electron chi connectivity index (χ1n) is 6.25. The maximum Gasteiger partial charge on any atom is 0.170 e. The molecule has 0 unspecified atom stereocenters. The van der Waals surface area contributed by atoms with Crippen molar-refractivity contribution in [1.82, 2.24) is 9.78 Å². The lowest BCUT2D eigenvalue weighted by Crippen LogP contribution is -2.36. The predicted octanol–water partition coefficient (Wildman–Crippen LogP) is 0.879. The minimum Gasteiger partial charge on any atom is -0.393 e. The van der Waals surface area contributed by atoms with Crippen molar-refractivity contribution in [1.29, 1.82) is 5.26 Å². The summed E-state index contributed by atoms with van der Waals surface area (Å²) in [4.78, 5) is 2.03. The van der Waals surface area contributed by atoms with Gasteiger partial charge in [-0.15, -0.1) is 0 Å². The Hall–Kier alpha value is -1.74. The Kier molecular flexibility index (Phi) is 3.43. The highest BCUT2D eigenvalue weighted by molar-refractivity contribution is 5.65. The quantitative estimate of drug-likeness (QED) is 0.811. The van der Waals surface area contributed by atoms with Crippen LogP contribution < -0.4 is 10.6 Å². The monoisotopic (exact) mass is 249 g/mol. The third-order valence-corrected chi connectivity index (χ3v) is 3.29. The van der Waals surface area contributed by atoms with Crippen molar-refractivity contribution in [3.05, 3.63) is 5.56 Å². The molecule has 3 N–H and O–H groups in total. The fourth-order valence-electron chi connectivity index (χ4n) is 2.23. The van der Waals surface area contributed by atoms with Gasteiger partial charge in [0.1, 0.15) is 17.5 Å². The SMILES string of the molecule is CC(C)n1nc(N2CCC(O)CC2)c(C#N)c1N. The molecule has 6 heteroatoms. The largest absolute Gasteiger partial charge is 0.393 e. The molecule has 0 aromatic carbocycles. The van der Waals surface area contributed by atoms with E-state index in [1.165, 1.54) is 0 Å². The number of piperidine rings is 1. The number of nitrogens with two attached hydrogens (primary N) is 1. The molecular formula is C12H19N5O. The van der Waals surface area contributed by atoms with Crippen molar-refractivity contribution in [3.8, 4) is 6.07 Å². The normalized spacial score (nSPS) is 17.2. The van der Waals surface area contributed by atoms with Gasteiger partial charge in [0.2, 0.25) is 0 Å². The van der Waals surface area contributed by atoms with Crippen LogP contribution in [0.4, 0.5) is 11.6 Å². The van der Waals surface area contributed by atoms with E-state index in [0.717, 1.165) is 0 Å². The number of aromatic nitrogens is 2. The zero-order valence-electron chi connectivity index (χ0n) is 10.8. The molecule has 1 aliphatic rings. The molecule has 0 saturated carbocycles. The van der Waals surface area contributed by atoms with Crippen LogP contribution in [0.5, 0.6) is 0 Å². The Morgan fingerprint density at radius 2 is 2.06 bits per heavy atom. The standard InChI is InChI=1S/C12H19N5O/c1-8(2)17-11(14)10(7-13)12(15-17)16-5-3-9(18)4-6-16/h8-9,18H,3-6,14H2,1-2H3. The molecule has 1 saturated heterocycles. The zero-order chi connectivity index (χ0) is 13.3. The van der Waals surface area contributed by atoms with Crippen LogP contribution in [0.1, 0.15) is 38.3 Å². The molecule has 98 valence electrons. The van der Waals surface area contributed by atoms with Gasteiger partial charge in [-0.25, -0.2) is 4.68 Å². The van der Waals surface area contributed by atoms with Crippen molar-refractivity contribution in [2.45, 2.75) is 38.8 Å². The van der Waals surface area contributed by atoms with E-state index >= 15 is 0 Å². The van der Waals surface area contributed by atoms with E-state index in [1.54, 1.807) is 4.68 Å². The van der Waals surface area contributed by atoms with Gasteiger partial charge in [0, 0.05) is 19.1 Å². The lowest BCUT2D eigenvalue weighted by molar-refractivity contribution is 0.145. The van der Waals surface area contributed by atoms with E-state index in [4.69, 9.17) is 5.73 Å². The Bertz CT molecular complexity index is 466. The summed E-state index contributed by atoms with van der Waals surface area (Å²) in [5, 5.41) is 23.2. The first-order valence-corrected chi connectivity index (χ1v) is 6.25. The molecule has 0 amide bonds.